The van der Waals surface area contributed by atoms with E-state index >= 15 is 0 Å². The Morgan fingerprint density at radius 3 is 2.57 bits per heavy atom. The average molecular weight is 463 g/mol. The van der Waals surface area contributed by atoms with Crippen LogP contribution in [0.2, 0.25) is 0 Å². The van der Waals surface area contributed by atoms with E-state index in [1.165, 1.54) is 12.1 Å². The van der Waals surface area contributed by atoms with Crippen LogP contribution >= 0.6 is 0 Å². The highest BCUT2D eigenvalue weighted by Crippen LogP contribution is 2.24. The second kappa shape index (κ2) is 8.34. The molecule has 0 aliphatic rings. The van der Waals surface area contributed by atoms with E-state index in [2.05, 4.69) is 15.2 Å². The Kier molecular flexibility index (Phi) is 4.88. The summed E-state index contributed by atoms with van der Waals surface area (Å²) in [5.74, 6) is 1.11. The molecule has 10 heteroatoms. The number of non-ortho nitro benzene ring substituents is 1. The highest BCUT2D eigenvalue weighted by atomic mass is 16.6. The minimum atomic E-state index is -0.439. The van der Waals surface area contributed by atoms with E-state index in [1.807, 2.05) is 54.6 Å². The highest BCUT2D eigenvalue weighted by molar-refractivity contribution is 5.90. The van der Waals surface area contributed by atoms with Crippen LogP contribution in [0.4, 0.5) is 5.69 Å². The lowest BCUT2D eigenvalue weighted by atomic mass is 10.1. The van der Waals surface area contributed by atoms with Crippen LogP contribution in [0.3, 0.4) is 0 Å². The van der Waals surface area contributed by atoms with Gasteiger partial charge in [-0.25, -0.2) is 19.2 Å². The number of benzene rings is 3. The van der Waals surface area contributed by atoms with Crippen molar-refractivity contribution < 1.29 is 9.66 Å². The van der Waals surface area contributed by atoms with Crippen molar-refractivity contribution in [3.63, 3.8) is 0 Å². The molecule has 0 aliphatic carbocycles. The number of rotatable bonds is 6. The van der Waals surface area contributed by atoms with Crippen LogP contribution in [0.25, 0.3) is 33.8 Å². The van der Waals surface area contributed by atoms with Crippen LogP contribution in [-0.2, 0) is 6.61 Å². The SMILES string of the molecule is O=[N+]([O-])c1ccc(OCc2cccc(-c3nc4c5cnn(-c6ccccc6)c5ncn4n3)c2)cc1. The van der Waals surface area contributed by atoms with Crippen molar-refractivity contribution in [2.24, 2.45) is 0 Å². The van der Waals surface area contributed by atoms with Crippen LogP contribution in [0.15, 0.2) is 91.4 Å². The van der Waals surface area contributed by atoms with Gasteiger partial charge >= 0.3 is 0 Å². The van der Waals surface area contributed by atoms with E-state index < -0.39 is 4.92 Å². The molecule has 0 N–H and O–H groups in total. The third kappa shape index (κ3) is 3.82. The molecule has 170 valence electrons. The molecular formula is C25H17N7O3. The molecule has 0 atom stereocenters. The van der Waals surface area contributed by atoms with Gasteiger partial charge in [0.05, 0.1) is 22.2 Å². The van der Waals surface area contributed by atoms with Gasteiger partial charge in [0.15, 0.2) is 17.1 Å². The molecule has 0 spiro atoms. The largest absolute Gasteiger partial charge is 0.489 e. The molecule has 0 unspecified atom stereocenters. The quantitative estimate of drug-likeness (QED) is 0.262. The fourth-order valence-corrected chi connectivity index (χ4v) is 3.83. The van der Waals surface area contributed by atoms with Gasteiger partial charge < -0.3 is 4.74 Å². The fourth-order valence-electron chi connectivity index (χ4n) is 3.83. The summed E-state index contributed by atoms with van der Waals surface area (Å²) in [6.45, 7) is 0.300. The number of nitrogens with zero attached hydrogens (tertiary/aromatic N) is 7. The van der Waals surface area contributed by atoms with Gasteiger partial charge in [0.2, 0.25) is 0 Å². The average Bonchev–Trinajstić information content (AvgIpc) is 3.53. The first-order chi connectivity index (χ1) is 17.2. The van der Waals surface area contributed by atoms with Gasteiger partial charge in [0.1, 0.15) is 18.7 Å². The van der Waals surface area contributed by atoms with Crippen molar-refractivity contribution in [1.29, 1.82) is 0 Å². The monoisotopic (exact) mass is 463 g/mol. The van der Waals surface area contributed by atoms with Crippen LogP contribution in [0.1, 0.15) is 5.56 Å². The first-order valence-corrected chi connectivity index (χ1v) is 10.8. The van der Waals surface area contributed by atoms with Gasteiger partial charge in [-0.05, 0) is 35.9 Å². The summed E-state index contributed by atoms with van der Waals surface area (Å²) in [5, 5.41) is 20.7. The molecule has 0 amide bonds. The summed E-state index contributed by atoms with van der Waals surface area (Å²) in [6.07, 6.45) is 3.38. The van der Waals surface area contributed by atoms with Gasteiger partial charge in [-0.15, -0.1) is 5.10 Å². The number of nitro benzene ring substituents is 1. The van der Waals surface area contributed by atoms with Crippen molar-refractivity contribution in [1.82, 2.24) is 29.4 Å². The minimum absolute atomic E-state index is 0.0233. The molecule has 3 aromatic carbocycles. The zero-order chi connectivity index (χ0) is 23.8. The summed E-state index contributed by atoms with van der Waals surface area (Å²) in [4.78, 5) is 19.7. The van der Waals surface area contributed by atoms with Gasteiger partial charge in [0.25, 0.3) is 5.69 Å². The molecule has 3 aromatic heterocycles. The molecule has 0 saturated carbocycles. The van der Waals surface area contributed by atoms with Crippen molar-refractivity contribution in [2.45, 2.75) is 6.61 Å². The number of hydrogen-bond acceptors (Lipinski definition) is 7. The zero-order valence-corrected chi connectivity index (χ0v) is 18.2. The lowest BCUT2D eigenvalue weighted by Gasteiger charge is -2.07. The number of nitro groups is 1. The summed E-state index contributed by atoms with van der Waals surface area (Å²) in [6, 6.07) is 23.5. The Balaban J connectivity index is 1.28. The first kappa shape index (κ1) is 20.5. The van der Waals surface area contributed by atoms with Crippen molar-refractivity contribution in [2.75, 3.05) is 0 Å². The Bertz CT molecular complexity index is 1670. The number of para-hydroxylation sites is 1. The number of ether oxygens (including phenoxy) is 1. The van der Waals surface area contributed by atoms with E-state index in [4.69, 9.17) is 9.72 Å². The Labute approximate surface area is 198 Å². The predicted octanol–water partition coefficient (Wildman–Crippen LogP) is 4.62. The van der Waals surface area contributed by atoms with Crippen molar-refractivity contribution >= 4 is 22.4 Å². The van der Waals surface area contributed by atoms with Crippen LogP contribution < -0.4 is 4.74 Å². The maximum atomic E-state index is 10.8. The molecular weight excluding hydrogens is 446 g/mol. The maximum absolute atomic E-state index is 10.8. The normalized spacial score (nSPS) is 11.2. The smallest absolute Gasteiger partial charge is 0.269 e. The fraction of sp³-hybridized carbons (Fsp3) is 0.0400. The second-order valence-electron chi connectivity index (χ2n) is 7.82. The Morgan fingerprint density at radius 2 is 1.77 bits per heavy atom. The van der Waals surface area contributed by atoms with E-state index in [9.17, 15) is 10.1 Å². The molecule has 0 saturated heterocycles. The van der Waals surface area contributed by atoms with Gasteiger partial charge in [-0.2, -0.15) is 5.10 Å². The molecule has 0 fully saturated rings. The van der Waals surface area contributed by atoms with E-state index in [-0.39, 0.29) is 5.69 Å². The molecule has 6 rings (SSSR count). The van der Waals surface area contributed by atoms with Gasteiger partial charge in [-0.3, -0.25) is 10.1 Å². The second-order valence-corrected chi connectivity index (χ2v) is 7.82. The minimum Gasteiger partial charge on any atom is -0.489 e. The molecule has 10 nitrogen and oxygen atoms in total. The Hall–Kier alpha value is -5.12. The third-order valence-electron chi connectivity index (χ3n) is 5.54. The number of aromatic nitrogens is 6. The van der Waals surface area contributed by atoms with Crippen LogP contribution in [-0.4, -0.2) is 34.3 Å². The van der Waals surface area contributed by atoms with Crippen LogP contribution in [0.5, 0.6) is 5.75 Å². The predicted molar refractivity (Wildman–Crippen MR) is 128 cm³/mol. The molecule has 6 aromatic rings. The molecule has 0 bridgehead atoms. The van der Waals surface area contributed by atoms with Crippen molar-refractivity contribution in [3.05, 3.63) is 107 Å². The molecule has 35 heavy (non-hydrogen) atoms. The molecule has 0 radical (unpaired) electrons. The lowest BCUT2D eigenvalue weighted by Crippen LogP contribution is -1.98. The Morgan fingerprint density at radius 1 is 0.943 bits per heavy atom. The number of fused-ring (bicyclic) bond motifs is 3. The van der Waals surface area contributed by atoms with Gasteiger partial charge in [0, 0.05) is 17.7 Å². The summed E-state index contributed by atoms with van der Waals surface area (Å²) < 4.78 is 9.21. The summed E-state index contributed by atoms with van der Waals surface area (Å²) in [7, 11) is 0. The first-order valence-electron chi connectivity index (χ1n) is 10.8. The summed E-state index contributed by atoms with van der Waals surface area (Å²) in [5.41, 5.74) is 4.06. The molecule has 0 aliphatic heterocycles. The summed E-state index contributed by atoms with van der Waals surface area (Å²) >= 11 is 0. The lowest BCUT2D eigenvalue weighted by molar-refractivity contribution is -0.384. The third-order valence-corrected chi connectivity index (χ3v) is 5.54. The molecule has 3 heterocycles. The zero-order valence-electron chi connectivity index (χ0n) is 18.2. The highest BCUT2D eigenvalue weighted by Gasteiger charge is 2.15. The van der Waals surface area contributed by atoms with E-state index in [0.717, 1.165) is 22.2 Å². The van der Waals surface area contributed by atoms with Gasteiger partial charge in [-0.1, -0.05) is 36.4 Å². The topological polar surface area (TPSA) is 113 Å². The van der Waals surface area contributed by atoms with E-state index in [1.54, 1.807) is 33.9 Å². The standard InChI is InChI=1S/C25H17N7O3/c33-32(34)20-9-11-21(12-10-20)35-15-17-5-4-6-18(13-17)23-28-25-22-14-27-31(19-7-2-1-3-8-19)24(22)26-16-30(25)29-23/h1-14,16H,15H2. The van der Waals surface area contributed by atoms with Crippen LogP contribution in [0, 0.1) is 10.1 Å². The van der Waals surface area contributed by atoms with Crippen molar-refractivity contribution in [3.8, 4) is 22.8 Å². The van der Waals surface area contributed by atoms with E-state index in [0.29, 0.717) is 29.5 Å². The number of hydrogen-bond donors (Lipinski definition) is 0. The maximum Gasteiger partial charge on any atom is 0.269 e.